The van der Waals surface area contributed by atoms with E-state index in [1.807, 2.05) is 38.2 Å². The van der Waals surface area contributed by atoms with Crippen molar-refractivity contribution in [2.75, 3.05) is 18.0 Å². The predicted molar refractivity (Wildman–Crippen MR) is 80.6 cm³/mol. The Kier molecular flexibility index (Phi) is 3.46. The number of hydrogen-bond donors (Lipinski definition) is 0. The van der Waals surface area contributed by atoms with Crippen LogP contribution in [0, 0.1) is 13.8 Å². The Morgan fingerprint density at radius 1 is 1.15 bits per heavy atom. The number of pyridine rings is 1. The molecule has 0 bridgehead atoms. The average Bonchev–Trinajstić information content (AvgIpc) is 2.47. The van der Waals surface area contributed by atoms with Crippen LogP contribution in [0.3, 0.4) is 0 Å². The molecule has 0 aromatic carbocycles. The molecule has 2 aromatic heterocycles. The third-order valence-electron chi connectivity index (χ3n) is 3.42. The lowest BCUT2D eigenvalue weighted by Crippen LogP contribution is -2.30. The third kappa shape index (κ3) is 2.69. The van der Waals surface area contributed by atoms with Crippen molar-refractivity contribution in [2.24, 2.45) is 0 Å². The van der Waals surface area contributed by atoms with Crippen molar-refractivity contribution < 1.29 is 0 Å². The van der Waals surface area contributed by atoms with Crippen LogP contribution in [0.4, 0.5) is 5.82 Å². The highest BCUT2D eigenvalue weighted by Gasteiger charge is 2.16. The summed E-state index contributed by atoms with van der Waals surface area (Å²) in [5.41, 5.74) is 3.34. The standard InChI is InChI=1S/C16H18N4/c1-12-10-16(19-13(2)18-12)20-9-5-6-14(11-20)15-7-3-4-8-17-15/h3-4,6-8,10H,5,9,11H2,1-2H3. The molecule has 0 saturated carbocycles. The maximum Gasteiger partial charge on any atom is 0.132 e. The van der Waals surface area contributed by atoms with E-state index in [0.29, 0.717) is 0 Å². The SMILES string of the molecule is Cc1cc(N2CCC=C(c3ccccn3)C2)nc(C)n1. The van der Waals surface area contributed by atoms with Crippen molar-refractivity contribution in [1.82, 2.24) is 15.0 Å². The zero-order chi connectivity index (χ0) is 13.9. The van der Waals surface area contributed by atoms with E-state index in [9.17, 15) is 0 Å². The normalized spacial score (nSPS) is 15.1. The van der Waals surface area contributed by atoms with Crippen LogP contribution in [0.25, 0.3) is 5.57 Å². The van der Waals surface area contributed by atoms with Crippen LogP contribution in [0.5, 0.6) is 0 Å². The number of anilines is 1. The lowest BCUT2D eigenvalue weighted by atomic mass is 10.1. The van der Waals surface area contributed by atoms with Crippen molar-refractivity contribution in [3.05, 3.63) is 53.8 Å². The molecule has 0 aliphatic carbocycles. The second-order valence-corrected chi connectivity index (χ2v) is 5.07. The summed E-state index contributed by atoms with van der Waals surface area (Å²) in [4.78, 5) is 15.6. The van der Waals surface area contributed by atoms with Crippen molar-refractivity contribution in [2.45, 2.75) is 20.3 Å². The first-order valence-corrected chi connectivity index (χ1v) is 6.90. The minimum atomic E-state index is 0.828. The average molecular weight is 266 g/mol. The van der Waals surface area contributed by atoms with Crippen molar-refractivity contribution >= 4 is 11.4 Å². The summed E-state index contributed by atoms with van der Waals surface area (Å²) in [7, 11) is 0. The molecule has 0 saturated heterocycles. The highest BCUT2D eigenvalue weighted by Crippen LogP contribution is 2.23. The molecular formula is C16H18N4. The molecule has 3 heterocycles. The fourth-order valence-electron chi connectivity index (χ4n) is 2.54. The van der Waals surface area contributed by atoms with Gasteiger partial charge in [-0.3, -0.25) is 4.98 Å². The Morgan fingerprint density at radius 2 is 2.05 bits per heavy atom. The quantitative estimate of drug-likeness (QED) is 0.838. The highest BCUT2D eigenvalue weighted by atomic mass is 15.2. The van der Waals surface area contributed by atoms with E-state index in [1.165, 1.54) is 5.57 Å². The van der Waals surface area contributed by atoms with E-state index in [4.69, 9.17) is 0 Å². The first-order chi connectivity index (χ1) is 9.72. The minimum absolute atomic E-state index is 0.828. The number of aryl methyl sites for hydroxylation is 2. The topological polar surface area (TPSA) is 41.9 Å². The van der Waals surface area contributed by atoms with Gasteiger partial charge in [0.1, 0.15) is 11.6 Å². The summed E-state index contributed by atoms with van der Waals surface area (Å²) in [5, 5.41) is 0. The number of hydrogen-bond acceptors (Lipinski definition) is 4. The molecule has 20 heavy (non-hydrogen) atoms. The van der Waals surface area contributed by atoms with Gasteiger partial charge in [-0.2, -0.15) is 0 Å². The molecule has 0 unspecified atom stereocenters. The van der Waals surface area contributed by atoms with Crippen LogP contribution in [0.2, 0.25) is 0 Å². The Balaban J connectivity index is 1.86. The molecule has 4 heteroatoms. The molecule has 1 aliphatic heterocycles. The minimum Gasteiger partial charge on any atom is -0.352 e. The van der Waals surface area contributed by atoms with Gasteiger partial charge < -0.3 is 4.90 Å². The van der Waals surface area contributed by atoms with Gasteiger partial charge in [0.2, 0.25) is 0 Å². The van der Waals surface area contributed by atoms with Crippen LogP contribution in [-0.4, -0.2) is 28.0 Å². The summed E-state index contributed by atoms with van der Waals surface area (Å²) >= 11 is 0. The zero-order valence-corrected chi connectivity index (χ0v) is 11.9. The Labute approximate surface area is 119 Å². The van der Waals surface area contributed by atoms with Crippen molar-refractivity contribution in [3.63, 3.8) is 0 Å². The molecule has 1 aliphatic rings. The summed E-state index contributed by atoms with van der Waals surface area (Å²) in [6, 6.07) is 8.09. The number of nitrogens with zero attached hydrogens (tertiary/aromatic N) is 4. The van der Waals surface area contributed by atoms with Crippen molar-refractivity contribution in [3.8, 4) is 0 Å². The number of aromatic nitrogens is 3. The third-order valence-corrected chi connectivity index (χ3v) is 3.42. The Bertz CT molecular complexity index is 614. The summed E-state index contributed by atoms with van der Waals surface area (Å²) in [5.74, 6) is 1.84. The number of rotatable bonds is 2. The van der Waals surface area contributed by atoms with Gasteiger partial charge in [0, 0.05) is 31.0 Å². The molecule has 0 radical (unpaired) electrons. The fraction of sp³-hybridized carbons (Fsp3) is 0.312. The molecule has 0 fully saturated rings. The summed E-state index contributed by atoms with van der Waals surface area (Å²) in [6.45, 7) is 5.80. The van der Waals surface area contributed by atoms with Crippen LogP contribution in [-0.2, 0) is 0 Å². The maximum absolute atomic E-state index is 4.55. The Morgan fingerprint density at radius 3 is 2.80 bits per heavy atom. The van der Waals surface area contributed by atoms with Gasteiger partial charge in [-0.1, -0.05) is 12.1 Å². The monoisotopic (exact) mass is 266 g/mol. The van der Waals surface area contributed by atoms with Crippen LogP contribution in [0.1, 0.15) is 23.6 Å². The Hall–Kier alpha value is -2.23. The van der Waals surface area contributed by atoms with Gasteiger partial charge in [-0.25, -0.2) is 9.97 Å². The van der Waals surface area contributed by atoms with E-state index in [1.54, 1.807) is 0 Å². The summed E-state index contributed by atoms with van der Waals surface area (Å²) < 4.78 is 0. The highest BCUT2D eigenvalue weighted by molar-refractivity contribution is 5.68. The molecule has 0 amide bonds. The smallest absolute Gasteiger partial charge is 0.132 e. The van der Waals surface area contributed by atoms with Crippen LogP contribution in [0.15, 0.2) is 36.5 Å². The van der Waals surface area contributed by atoms with E-state index in [2.05, 4.69) is 32.0 Å². The van der Waals surface area contributed by atoms with E-state index >= 15 is 0 Å². The van der Waals surface area contributed by atoms with Gasteiger partial charge in [-0.05, 0) is 38.0 Å². The second kappa shape index (κ2) is 5.41. The lowest BCUT2D eigenvalue weighted by molar-refractivity contribution is 0.802. The molecule has 0 spiro atoms. The lowest BCUT2D eigenvalue weighted by Gasteiger charge is -2.28. The maximum atomic E-state index is 4.55. The van der Waals surface area contributed by atoms with E-state index in [-0.39, 0.29) is 0 Å². The van der Waals surface area contributed by atoms with Gasteiger partial charge in [0.25, 0.3) is 0 Å². The second-order valence-electron chi connectivity index (χ2n) is 5.07. The van der Waals surface area contributed by atoms with Gasteiger partial charge in [-0.15, -0.1) is 0 Å². The first-order valence-electron chi connectivity index (χ1n) is 6.90. The molecule has 0 N–H and O–H groups in total. The van der Waals surface area contributed by atoms with Crippen LogP contribution < -0.4 is 4.90 Å². The molecule has 4 nitrogen and oxygen atoms in total. The molecular weight excluding hydrogens is 248 g/mol. The zero-order valence-electron chi connectivity index (χ0n) is 11.9. The van der Waals surface area contributed by atoms with Crippen molar-refractivity contribution in [1.29, 1.82) is 0 Å². The van der Waals surface area contributed by atoms with Gasteiger partial charge in [0.15, 0.2) is 0 Å². The van der Waals surface area contributed by atoms with E-state index in [0.717, 1.165) is 42.5 Å². The van der Waals surface area contributed by atoms with Crippen LogP contribution >= 0.6 is 0 Å². The van der Waals surface area contributed by atoms with Gasteiger partial charge >= 0.3 is 0 Å². The predicted octanol–water partition coefficient (Wildman–Crippen LogP) is 2.78. The van der Waals surface area contributed by atoms with E-state index < -0.39 is 0 Å². The molecule has 3 rings (SSSR count). The summed E-state index contributed by atoms with van der Waals surface area (Å²) in [6.07, 6.45) is 5.14. The first kappa shape index (κ1) is 12.8. The molecule has 2 aromatic rings. The molecule has 0 atom stereocenters. The molecule has 102 valence electrons. The van der Waals surface area contributed by atoms with Gasteiger partial charge in [0.05, 0.1) is 5.69 Å². The fourth-order valence-corrected chi connectivity index (χ4v) is 2.54. The largest absolute Gasteiger partial charge is 0.352 e.